The molecule has 0 saturated carbocycles. The molecule has 7 heteroatoms. The molecule has 0 saturated heterocycles. The van der Waals surface area contributed by atoms with Crippen molar-refractivity contribution in [2.75, 3.05) is 0 Å². The summed E-state index contributed by atoms with van der Waals surface area (Å²) in [4.78, 5) is 11.1. The van der Waals surface area contributed by atoms with Gasteiger partial charge in [-0.15, -0.1) is 12.6 Å². The summed E-state index contributed by atoms with van der Waals surface area (Å²) >= 11 is 3.93. The number of carbonyl (C=O) groups excluding carboxylic acids is 1. The van der Waals surface area contributed by atoms with E-state index in [-0.39, 0.29) is 35.1 Å². The average molecular weight is 316 g/mol. The van der Waals surface area contributed by atoms with Gasteiger partial charge in [-0.1, -0.05) is 6.07 Å². The molecule has 0 aliphatic heterocycles. The monoisotopic (exact) mass is 314 g/mol. The van der Waals surface area contributed by atoms with Gasteiger partial charge in [0, 0.05) is 40.6 Å². The van der Waals surface area contributed by atoms with Gasteiger partial charge in [0.05, 0.1) is 4.90 Å². The first-order valence-electron chi connectivity index (χ1n) is 3.61. The van der Waals surface area contributed by atoms with E-state index in [9.17, 15) is 13.2 Å². The zero-order chi connectivity index (χ0) is 10.9. The van der Waals surface area contributed by atoms with Gasteiger partial charge in [-0.3, -0.25) is 4.79 Å². The number of carbonyl (C=O) groups is 1. The topological polar surface area (TPSA) is 51.2 Å². The molecule has 1 aromatic rings. The van der Waals surface area contributed by atoms with Crippen molar-refractivity contribution in [1.29, 1.82) is 0 Å². The van der Waals surface area contributed by atoms with Crippen LogP contribution in [-0.2, 0) is 28.5 Å². The van der Waals surface area contributed by atoms with Gasteiger partial charge >= 0.3 is 0 Å². The van der Waals surface area contributed by atoms with E-state index in [1.165, 1.54) is 25.1 Å². The number of thiol groups is 1. The Bertz CT molecular complexity index is 485. The predicted molar refractivity (Wildman–Crippen MR) is 56.7 cm³/mol. The third-order valence-corrected chi connectivity index (χ3v) is 3.53. The summed E-state index contributed by atoms with van der Waals surface area (Å²) in [6, 6.07) is 4.14. The minimum absolute atomic E-state index is 0. The van der Waals surface area contributed by atoms with Crippen LogP contribution in [0.2, 0.25) is 0 Å². The van der Waals surface area contributed by atoms with Gasteiger partial charge in [0.1, 0.15) is 0 Å². The maximum atomic E-state index is 11.0. The van der Waals surface area contributed by atoms with E-state index in [0.717, 1.165) is 0 Å². The fourth-order valence-electron chi connectivity index (χ4n) is 0.928. The van der Waals surface area contributed by atoms with Crippen LogP contribution in [0.25, 0.3) is 0 Å². The van der Waals surface area contributed by atoms with Crippen LogP contribution in [0.5, 0.6) is 0 Å². The standard InChI is InChI=1S/C8H7ClO3S2.Zn/c1-5(10)6-2-3-7(13)8(4-6)14(9,11)12;/h2-4,13H,1H3;. The largest absolute Gasteiger partial charge is 0.295 e. The second kappa shape index (κ2) is 5.44. The molecule has 0 aromatic heterocycles. The Morgan fingerprint density at radius 1 is 1.40 bits per heavy atom. The van der Waals surface area contributed by atoms with Crippen LogP contribution < -0.4 is 0 Å². The Morgan fingerprint density at radius 2 is 1.93 bits per heavy atom. The van der Waals surface area contributed by atoms with Crippen molar-refractivity contribution in [3.05, 3.63) is 23.8 Å². The molecule has 0 atom stereocenters. The minimum Gasteiger partial charge on any atom is -0.295 e. The summed E-state index contributed by atoms with van der Waals surface area (Å²) in [6.45, 7) is 1.35. The molecule has 0 bridgehead atoms. The molecule has 0 aliphatic carbocycles. The fourth-order valence-corrected chi connectivity index (χ4v) is 2.56. The number of hydrogen-bond acceptors (Lipinski definition) is 4. The molecule has 0 aliphatic rings. The Morgan fingerprint density at radius 3 is 2.33 bits per heavy atom. The van der Waals surface area contributed by atoms with Crippen molar-refractivity contribution >= 4 is 38.1 Å². The Hall–Kier alpha value is 0.103. The molecule has 0 fully saturated rings. The number of benzene rings is 1. The van der Waals surface area contributed by atoms with Crippen LogP contribution in [-0.4, -0.2) is 14.2 Å². The smallest absolute Gasteiger partial charge is 0.262 e. The zero-order valence-electron chi connectivity index (χ0n) is 7.90. The molecule has 0 spiro atoms. The normalized spacial score (nSPS) is 10.6. The maximum absolute atomic E-state index is 11.0. The van der Waals surface area contributed by atoms with Crippen molar-refractivity contribution < 1.29 is 32.7 Å². The van der Waals surface area contributed by atoms with E-state index in [1.54, 1.807) is 0 Å². The summed E-state index contributed by atoms with van der Waals surface area (Å²) in [6.07, 6.45) is 0. The minimum atomic E-state index is -3.85. The van der Waals surface area contributed by atoms with E-state index < -0.39 is 9.05 Å². The quantitative estimate of drug-likeness (QED) is 0.393. The van der Waals surface area contributed by atoms with Crippen molar-refractivity contribution in [2.24, 2.45) is 0 Å². The van der Waals surface area contributed by atoms with Crippen LogP contribution in [0.1, 0.15) is 17.3 Å². The number of rotatable bonds is 2. The molecule has 0 heterocycles. The molecular weight excluding hydrogens is 309 g/mol. The number of Topliss-reactive ketones (excluding diaryl/α,β-unsaturated/α-hetero) is 1. The van der Waals surface area contributed by atoms with Gasteiger partial charge in [0.15, 0.2) is 5.78 Å². The van der Waals surface area contributed by atoms with Crippen LogP contribution >= 0.6 is 23.3 Å². The van der Waals surface area contributed by atoms with Crippen LogP contribution in [0.15, 0.2) is 28.0 Å². The molecule has 0 amide bonds. The fraction of sp³-hybridized carbons (Fsp3) is 0.125. The van der Waals surface area contributed by atoms with E-state index in [4.69, 9.17) is 10.7 Å². The van der Waals surface area contributed by atoms with Gasteiger partial charge < -0.3 is 0 Å². The van der Waals surface area contributed by atoms with E-state index in [2.05, 4.69) is 12.6 Å². The van der Waals surface area contributed by atoms with E-state index in [1.807, 2.05) is 0 Å². The first kappa shape index (κ1) is 15.1. The molecule has 3 nitrogen and oxygen atoms in total. The Balaban J connectivity index is 0.00000196. The first-order chi connectivity index (χ1) is 6.32. The Kier molecular flexibility index (Phi) is 5.47. The predicted octanol–water partition coefficient (Wildman–Crippen LogP) is 2.10. The summed E-state index contributed by atoms with van der Waals surface area (Å²) in [5.41, 5.74) is 0.294. The van der Waals surface area contributed by atoms with Crippen LogP contribution in [0.4, 0.5) is 0 Å². The molecule has 1 aromatic carbocycles. The van der Waals surface area contributed by atoms with Gasteiger partial charge in [-0.2, -0.15) is 0 Å². The second-order valence-corrected chi connectivity index (χ2v) is 5.69. The third kappa shape index (κ3) is 3.87. The van der Waals surface area contributed by atoms with Gasteiger partial charge in [0.2, 0.25) is 0 Å². The van der Waals surface area contributed by atoms with Crippen LogP contribution in [0, 0.1) is 0 Å². The van der Waals surface area contributed by atoms with Crippen molar-refractivity contribution in [2.45, 2.75) is 16.7 Å². The van der Waals surface area contributed by atoms with Crippen molar-refractivity contribution in [3.63, 3.8) is 0 Å². The number of halogens is 1. The van der Waals surface area contributed by atoms with Crippen molar-refractivity contribution in [1.82, 2.24) is 0 Å². The molecule has 0 N–H and O–H groups in total. The average Bonchev–Trinajstić information content (AvgIpc) is 2.02. The Labute approximate surface area is 111 Å². The summed E-state index contributed by atoms with van der Waals surface area (Å²) in [7, 11) is 1.31. The van der Waals surface area contributed by atoms with Gasteiger partial charge in [0.25, 0.3) is 9.05 Å². The maximum Gasteiger partial charge on any atom is 0.262 e. The SMILES string of the molecule is CC(=O)c1ccc(S)c(S(=O)(=O)Cl)c1.[Zn]. The molecule has 1 rings (SSSR count). The first-order valence-corrected chi connectivity index (χ1v) is 6.36. The molecule has 0 radical (unpaired) electrons. The van der Waals surface area contributed by atoms with E-state index in [0.29, 0.717) is 5.56 Å². The van der Waals surface area contributed by atoms with Gasteiger partial charge in [-0.25, -0.2) is 8.42 Å². The summed E-state index contributed by atoms with van der Waals surface area (Å²) < 4.78 is 22.1. The zero-order valence-corrected chi connectivity index (χ0v) is 13.3. The van der Waals surface area contributed by atoms with Gasteiger partial charge in [-0.05, 0) is 19.1 Å². The van der Waals surface area contributed by atoms with Crippen LogP contribution in [0.3, 0.4) is 0 Å². The summed E-state index contributed by atoms with van der Waals surface area (Å²) in [5.74, 6) is -0.222. The van der Waals surface area contributed by atoms with E-state index >= 15 is 0 Å². The van der Waals surface area contributed by atoms with Crippen molar-refractivity contribution in [3.8, 4) is 0 Å². The molecule has 0 unspecified atom stereocenters. The third-order valence-electron chi connectivity index (χ3n) is 1.63. The molecular formula is C8H7ClO3S2Zn. The number of hydrogen-bond donors (Lipinski definition) is 1. The second-order valence-electron chi connectivity index (χ2n) is 2.68. The molecule has 78 valence electrons. The summed E-state index contributed by atoms with van der Waals surface area (Å²) in [5, 5.41) is 0. The molecule has 15 heavy (non-hydrogen) atoms. The number of ketones is 1.